The monoisotopic (exact) mass is 432 g/mol. The number of hydrogen-bond acceptors (Lipinski definition) is 3. The van der Waals surface area contributed by atoms with Crippen LogP contribution in [-0.2, 0) is 4.79 Å². The Balaban J connectivity index is 2.02. The average Bonchev–Trinajstić information content (AvgIpc) is 2.57. The lowest BCUT2D eigenvalue weighted by molar-refractivity contribution is -0.204. The molecule has 0 aromatic heterocycles. The summed E-state index contributed by atoms with van der Waals surface area (Å²) in [5, 5.41) is 5.94. The molecule has 4 nitrogen and oxygen atoms in total. The summed E-state index contributed by atoms with van der Waals surface area (Å²) >= 11 is 11.7. The van der Waals surface area contributed by atoms with Crippen molar-refractivity contribution in [1.82, 2.24) is 0 Å². The molecule has 148 valence electrons. The summed E-state index contributed by atoms with van der Waals surface area (Å²) in [7, 11) is 0. The number of carboxylic acid groups (broad SMARTS) is 1. The highest BCUT2D eigenvalue weighted by molar-refractivity contribution is 6.32. The van der Waals surface area contributed by atoms with Gasteiger partial charge in [0.05, 0.1) is 5.02 Å². The molecule has 1 heterocycles. The molecule has 2 aromatic rings. The van der Waals surface area contributed by atoms with Crippen LogP contribution in [0.3, 0.4) is 0 Å². The molecule has 1 atom stereocenters. The lowest BCUT2D eigenvalue weighted by Crippen LogP contribution is -2.50. The van der Waals surface area contributed by atoms with Crippen LogP contribution in [0.2, 0.25) is 5.02 Å². The highest BCUT2D eigenvalue weighted by Gasteiger charge is 2.62. The second kappa shape index (κ2) is 6.90. The van der Waals surface area contributed by atoms with Crippen molar-refractivity contribution in [1.29, 1.82) is 0 Å². The van der Waals surface area contributed by atoms with E-state index >= 15 is 0 Å². The van der Waals surface area contributed by atoms with Crippen LogP contribution in [0.1, 0.15) is 16.7 Å². The van der Waals surface area contributed by atoms with Gasteiger partial charge in [-0.05, 0) is 55.3 Å². The van der Waals surface area contributed by atoms with E-state index in [1.807, 2.05) is 13.8 Å². The van der Waals surface area contributed by atoms with Crippen molar-refractivity contribution in [3.63, 3.8) is 0 Å². The first-order valence-electron chi connectivity index (χ1n) is 7.91. The van der Waals surface area contributed by atoms with Crippen molar-refractivity contribution < 1.29 is 32.5 Å². The normalized spacial score (nSPS) is 18.8. The van der Waals surface area contributed by atoms with Gasteiger partial charge in [-0.1, -0.05) is 23.2 Å². The van der Waals surface area contributed by atoms with Gasteiger partial charge in [-0.3, -0.25) is 0 Å². The van der Waals surface area contributed by atoms with E-state index in [2.05, 4.69) is 0 Å². The van der Waals surface area contributed by atoms with E-state index in [1.54, 1.807) is 12.1 Å². The number of ether oxygens (including phenoxy) is 2. The molecule has 2 aromatic carbocycles. The van der Waals surface area contributed by atoms with Crippen LogP contribution in [0.5, 0.6) is 17.2 Å². The van der Waals surface area contributed by atoms with Gasteiger partial charge in [0.2, 0.25) is 0 Å². The third-order valence-corrected chi connectivity index (χ3v) is 5.04. The van der Waals surface area contributed by atoms with E-state index in [9.17, 15) is 18.0 Å². The minimum Gasteiger partial charge on any atom is -0.478 e. The minimum atomic E-state index is -5.16. The lowest BCUT2D eigenvalue weighted by atomic mass is 10.0. The number of fused-ring (bicyclic) bond motifs is 1. The van der Waals surface area contributed by atoms with E-state index in [4.69, 9.17) is 37.8 Å². The van der Waals surface area contributed by atoms with Crippen LogP contribution in [0.25, 0.3) is 6.08 Å². The Labute approximate surface area is 168 Å². The van der Waals surface area contributed by atoms with E-state index in [1.165, 1.54) is 18.2 Å². The van der Waals surface area contributed by atoms with Gasteiger partial charge in [0.15, 0.2) is 0 Å². The quantitative estimate of drug-likeness (QED) is 0.594. The van der Waals surface area contributed by atoms with Crippen LogP contribution in [0.4, 0.5) is 13.2 Å². The summed E-state index contributed by atoms with van der Waals surface area (Å²) < 4.78 is 50.8. The third kappa shape index (κ3) is 3.52. The summed E-state index contributed by atoms with van der Waals surface area (Å²) in [5.74, 6) is -1.64. The Kier molecular flexibility index (Phi) is 5.02. The smallest absolute Gasteiger partial charge is 0.448 e. The van der Waals surface area contributed by atoms with Crippen molar-refractivity contribution >= 4 is 35.2 Å². The van der Waals surface area contributed by atoms with Gasteiger partial charge in [0.25, 0.3) is 0 Å². The highest BCUT2D eigenvalue weighted by Crippen LogP contribution is 2.49. The number of alkyl halides is 4. The number of rotatable bonds is 3. The molecular weight excluding hydrogens is 420 g/mol. The predicted molar refractivity (Wildman–Crippen MR) is 98.3 cm³/mol. The Morgan fingerprint density at radius 3 is 2.43 bits per heavy atom. The van der Waals surface area contributed by atoms with Gasteiger partial charge in [0.1, 0.15) is 22.8 Å². The average molecular weight is 433 g/mol. The standard InChI is InChI=1S/C19H13Cl2F3O4/c1-9-5-14(20)16(6-10(9)2)27-12-4-3-11-7-13(17(25)26)18(21,19(22,23)24)28-15(11)8-12/h3-8H,1-2H3,(H,25,26). The predicted octanol–water partition coefficient (Wildman–Crippen LogP) is 6.11. The summed E-state index contributed by atoms with van der Waals surface area (Å²) in [6, 6.07) is 7.42. The van der Waals surface area contributed by atoms with Gasteiger partial charge in [-0.2, -0.15) is 13.2 Å². The first kappa shape index (κ1) is 20.4. The summed E-state index contributed by atoms with van der Waals surface area (Å²) in [5.41, 5.74) is 0.866. The summed E-state index contributed by atoms with van der Waals surface area (Å²) in [6.07, 6.45) is -4.33. The number of aliphatic carboxylic acids is 1. The SMILES string of the molecule is Cc1cc(Cl)c(Oc2ccc3c(c2)OC(Cl)(C(F)(F)F)C(C(=O)O)=C3)cc1C. The maximum absolute atomic E-state index is 13.4. The summed E-state index contributed by atoms with van der Waals surface area (Å²) in [4.78, 5) is 11.3. The Bertz CT molecular complexity index is 1000. The van der Waals surface area contributed by atoms with Crippen molar-refractivity contribution in [2.24, 2.45) is 0 Å². The van der Waals surface area contributed by atoms with Gasteiger partial charge >= 0.3 is 17.2 Å². The second-order valence-corrected chi connectivity index (χ2v) is 7.17. The van der Waals surface area contributed by atoms with E-state index in [0.29, 0.717) is 10.8 Å². The molecule has 0 fully saturated rings. The fourth-order valence-electron chi connectivity index (χ4n) is 2.61. The Hall–Kier alpha value is -2.38. The fraction of sp³-hybridized carbons (Fsp3) is 0.211. The zero-order chi connectivity index (χ0) is 20.9. The molecule has 0 radical (unpaired) electrons. The second-order valence-electron chi connectivity index (χ2n) is 6.23. The highest BCUT2D eigenvalue weighted by atomic mass is 35.5. The molecule has 9 heteroatoms. The first-order chi connectivity index (χ1) is 12.9. The van der Waals surface area contributed by atoms with Crippen LogP contribution < -0.4 is 9.47 Å². The molecular formula is C19H13Cl2F3O4. The van der Waals surface area contributed by atoms with E-state index in [0.717, 1.165) is 17.2 Å². The first-order valence-corrected chi connectivity index (χ1v) is 8.67. The summed E-state index contributed by atoms with van der Waals surface area (Å²) in [6.45, 7) is 3.74. The van der Waals surface area contributed by atoms with Gasteiger partial charge < -0.3 is 14.6 Å². The molecule has 0 amide bonds. The van der Waals surface area contributed by atoms with Crippen LogP contribution in [0, 0.1) is 13.8 Å². The molecule has 3 rings (SSSR count). The molecule has 1 unspecified atom stereocenters. The van der Waals surface area contributed by atoms with Crippen LogP contribution in [-0.4, -0.2) is 22.3 Å². The number of benzene rings is 2. The molecule has 0 spiro atoms. The largest absolute Gasteiger partial charge is 0.478 e. The fourth-order valence-corrected chi connectivity index (χ4v) is 3.09. The molecule has 1 aliphatic heterocycles. The topological polar surface area (TPSA) is 55.8 Å². The Morgan fingerprint density at radius 1 is 1.18 bits per heavy atom. The van der Waals surface area contributed by atoms with Crippen molar-refractivity contribution in [2.75, 3.05) is 0 Å². The van der Waals surface area contributed by atoms with Gasteiger partial charge in [-0.25, -0.2) is 4.79 Å². The molecule has 0 bridgehead atoms. The number of carbonyl (C=O) groups is 1. The molecule has 0 saturated heterocycles. The van der Waals surface area contributed by atoms with Gasteiger partial charge in [-0.15, -0.1) is 0 Å². The Morgan fingerprint density at radius 2 is 1.82 bits per heavy atom. The molecule has 28 heavy (non-hydrogen) atoms. The number of carboxylic acids is 1. The maximum Gasteiger partial charge on any atom is 0.448 e. The van der Waals surface area contributed by atoms with Gasteiger partial charge in [0, 0.05) is 11.6 Å². The number of halogens is 5. The third-order valence-electron chi connectivity index (χ3n) is 4.25. The number of aryl methyl sites for hydroxylation is 2. The van der Waals surface area contributed by atoms with E-state index < -0.39 is 22.8 Å². The maximum atomic E-state index is 13.4. The molecule has 0 aliphatic carbocycles. The van der Waals surface area contributed by atoms with Crippen molar-refractivity contribution in [3.8, 4) is 17.2 Å². The zero-order valence-corrected chi connectivity index (χ0v) is 16.0. The lowest BCUT2D eigenvalue weighted by Gasteiger charge is -2.34. The van der Waals surface area contributed by atoms with Crippen molar-refractivity contribution in [3.05, 3.63) is 57.6 Å². The zero-order valence-electron chi connectivity index (χ0n) is 14.5. The minimum absolute atomic E-state index is 0.122. The van der Waals surface area contributed by atoms with Crippen LogP contribution >= 0.6 is 23.2 Å². The van der Waals surface area contributed by atoms with Crippen molar-refractivity contribution in [2.45, 2.75) is 25.1 Å². The molecule has 1 aliphatic rings. The van der Waals surface area contributed by atoms with E-state index in [-0.39, 0.29) is 17.1 Å². The number of hydrogen-bond donors (Lipinski definition) is 1. The molecule has 1 N–H and O–H groups in total. The van der Waals surface area contributed by atoms with Crippen LogP contribution in [0.15, 0.2) is 35.9 Å². The molecule has 0 saturated carbocycles.